The van der Waals surface area contributed by atoms with Gasteiger partial charge < -0.3 is 10.3 Å². The van der Waals surface area contributed by atoms with E-state index in [1.165, 1.54) is 0 Å². The highest BCUT2D eigenvalue weighted by Crippen LogP contribution is 2.15. The normalized spacial score (nSPS) is 12.1. The van der Waals surface area contributed by atoms with E-state index in [1.54, 1.807) is 12.1 Å². The molecule has 1 aromatic heterocycles. The Morgan fingerprint density at radius 1 is 1.11 bits per heavy atom. The number of carbonyl (C=O) groups is 2. The van der Waals surface area contributed by atoms with Crippen LogP contribution in [0.5, 0.6) is 0 Å². The molecule has 6 heteroatoms. The van der Waals surface area contributed by atoms with Gasteiger partial charge in [0.25, 0.3) is 5.91 Å². The number of aryl methyl sites for hydroxylation is 1. The van der Waals surface area contributed by atoms with Gasteiger partial charge in [-0.15, -0.1) is 0 Å². The minimum Gasteiger partial charge on any atom is -0.340 e. The zero-order valence-electron chi connectivity index (χ0n) is 15.7. The third-order valence-corrected chi connectivity index (χ3v) is 4.24. The van der Waals surface area contributed by atoms with E-state index in [9.17, 15) is 9.59 Å². The van der Waals surface area contributed by atoms with Crippen LogP contribution in [0.3, 0.4) is 0 Å². The van der Waals surface area contributed by atoms with Crippen molar-refractivity contribution in [1.29, 1.82) is 0 Å². The lowest BCUT2D eigenvalue weighted by atomic mass is 10.0. The van der Waals surface area contributed by atoms with Gasteiger partial charge in [0.05, 0.1) is 11.0 Å². The molecule has 1 unspecified atom stereocenters. The molecular formula is C21H24N4O2. The summed E-state index contributed by atoms with van der Waals surface area (Å²) in [7, 11) is 0. The first-order chi connectivity index (χ1) is 12.9. The predicted octanol–water partition coefficient (Wildman–Crippen LogP) is 3.65. The predicted molar refractivity (Wildman–Crippen MR) is 107 cm³/mol. The molecule has 0 fully saturated rings. The van der Waals surface area contributed by atoms with Crippen LogP contribution in [-0.4, -0.2) is 27.8 Å². The second-order valence-electron chi connectivity index (χ2n) is 7.12. The van der Waals surface area contributed by atoms with Crippen LogP contribution in [0.2, 0.25) is 0 Å². The van der Waals surface area contributed by atoms with Crippen molar-refractivity contribution in [3.05, 3.63) is 59.7 Å². The number of aromatic nitrogens is 2. The molecule has 0 spiro atoms. The highest BCUT2D eigenvalue weighted by molar-refractivity contribution is 6.01. The Labute approximate surface area is 158 Å². The number of rotatable bonds is 6. The van der Waals surface area contributed by atoms with E-state index in [0.29, 0.717) is 17.9 Å². The van der Waals surface area contributed by atoms with E-state index in [-0.39, 0.29) is 17.7 Å². The molecule has 0 radical (unpaired) electrons. The number of aromatic amines is 1. The number of amides is 2. The Morgan fingerprint density at radius 3 is 2.59 bits per heavy atom. The third-order valence-electron chi connectivity index (χ3n) is 4.24. The molecular weight excluding hydrogens is 340 g/mol. The number of fused-ring (bicyclic) bond motifs is 1. The fourth-order valence-corrected chi connectivity index (χ4v) is 2.95. The number of hydrogen-bond donors (Lipinski definition) is 3. The molecule has 0 aliphatic heterocycles. The summed E-state index contributed by atoms with van der Waals surface area (Å²) in [5.41, 5.74) is 3.16. The molecule has 1 heterocycles. The summed E-state index contributed by atoms with van der Waals surface area (Å²) in [4.78, 5) is 32.8. The number of nitrogens with one attached hydrogen (secondary N) is 3. The SMILES string of the molecule is Cc1cccc(C(=O)NC(CC(C)C)C(=O)Nc2nc3ccccc3[nH]2)c1. The van der Waals surface area contributed by atoms with Crippen molar-refractivity contribution in [3.8, 4) is 0 Å². The number of hydrogen-bond acceptors (Lipinski definition) is 3. The monoisotopic (exact) mass is 364 g/mol. The van der Waals surface area contributed by atoms with E-state index < -0.39 is 6.04 Å². The lowest BCUT2D eigenvalue weighted by Crippen LogP contribution is -2.44. The minimum atomic E-state index is -0.647. The maximum atomic E-state index is 12.8. The van der Waals surface area contributed by atoms with Crippen LogP contribution < -0.4 is 10.6 Å². The zero-order chi connectivity index (χ0) is 19.4. The second kappa shape index (κ2) is 8.03. The first kappa shape index (κ1) is 18.6. The van der Waals surface area contributed by atoms with Gasteiger partial charge in [0, 0.05) is 5.56 Å². The Bertz CT molecular complexity index is 928. The van der Waals surface area contributed by atoms with Gasteiger partial charge in [-0.05, 0) is 43.5 Å². The average molecular weight is 364 g/mol. The first-order valence-electron chi connectivity index (χ1n) is 9.05. The molecule has 6 nitrogen and oxygen atoms in total. The highest BCUT2D eigenvalue weighted by atomic mass is 16.2. The lowest BCUT2D eigenvalue weighted by molar-refractivity contribution is -0.118. The quantitative estimate of drug-likeness (QED) is 0.624. The van der Waals surface area contributed by atoms with Gasteiger partial charge in [-0.1, -0.05) is 43.7 Å². The van der Waals surface area contributed by atoms with E-state index in [0.717, 1.165) is 16.6 Å². The topological polar surface area (TPSA) is 86.9 Å². The van der Waals surface area contributed by atoms with Crippen LogP contribution in [0.15, 0.2) is 48.5 Å². The summed E-state index contributed by atoms with van der Waals surface area (Å²) in [6, 6.07) is 14.2. The summed E-state index contributed by atoms with van der Waals surface area (Å²) in [5, 5.41) is 5.64. The van der Waals surface area contributed by atoms with Crippen LogP contribution >= 0.6 is 0 Å². The molecule has 3 rings (SSSR count). The van der Waals surface area contributed by atoms with E-state index in [2.05, 4.69) is 20.6 Å². The fourth-order valence-electron chi connectivity index (χ4n) is 2.95. The number of carbonyl (C=O) groups excluding carboxylic acids is 2. The van der Waals surface area contributed by atoms with Crippen molar-refractivity contribution < 1.29 is 9.59 Å². The standard InChI is InChI=1S/C21H24N4O2/c1-13(2)11-18(22-19(26)15-8-6-7-14(3)12-15)20(27)25-21-23-16-9-4-5-10-17(16)24-21/h4-10,12-13,18H,11H2,1-3H3,(H,22,26)(H2,23,24,25,27). The van der Waals surface area contributed by atoms with Gasteiger partial charge >= 0.3 is 0 Å². The molecule has 0 aliphatic carbocycles. The van der Waals surface area contributed by atoms with Gasteiger partial charge in [-0.25, -0.2) is 4.98 Å². The van der Waals surface area contributed by atoms with Crippen LogP contribution in [0, 0.1) is 12.8 Å². The summed E-state index contributed by atoms with van der Waals surface area (Å²) in [6.07, 6.45) is 0.531. The maximum absolute atomic E-state index is 12.8. The third kappa shape index (κ3) is 4.73. The lowest BCUT2D eigenvalue weighted by Gasteiger charge is -2.19. The summed E-state index contributed by atoms with van der Waals surface area (Å²) in [5.74, 6) is 0.0712. The number of benzene rings is 2. The molecule has 27 heavy (non-hydrogen) atoms. The van der Waals surface area contributed by atoms with Crippen molar-refractivity contribution in [2.24, 2.45) is 5.92 Å². The molecule has 0 bridgehead atoms. The minimum absolute atomic E-state index is 0.245. The average Bonchev–Trinajstić information content (AvgIpc) is 3.02. The Morgan fingerprint density at radius 2 is 1.89 bits per heavy atom. The van der Waals surface area contributed by atoms with Gasteiger partial charge in [0.2, 0.25) is 11.9 Å². The van der Waals surface area contributed by atoms with Crippen molar-refractivity contribution >= 4 is 28.8 Å². The zero-order valence-corrected chi connectivity index (χ0v) is 15.7. The molecule has 0 saturated carbocycles. The molecule has 2 amide bonds. The molecule has 3 N–H and O–H groups in total. The van der Waals surface area contributed by atoms with E-state index in [1.807, 2.05) is 57.2 Å². The Kier molecular flexibility index (Phi) is 5.54. The second-order valence-corrected chi connectivity index (χ2v) is 7.12. The number of nitrogens with zero attached hydrogens (tertiary/aromatic N) is 1. The van der Waals surface area contributed by atoms with Crippen LogP contribution in [-0.2, 0) is 4.79 Å². The largest absolute Gasteiger partial charge is 0.340 e. The first-order valence-corrected chi connectivity index (χ1v) is 9.05. The van der Waals surface area contributed by atoms with Crippen LogP contribution in [0.25, 0.3) is 11.0 Å². The summed E-state index contributed by atoms with van der Waals surface area (Å²) in [6.45, 7) is 5.96. The summed E-state index contributed by atoms with van der Waals surface area (Å²) >= 11 is 0. The van der Waals surface area contributed by atoms with Crippen molar-refractivity contribution in [2.75, 3.05) is 5.32 Å². The van der Waals surface area contributed by atoms with Crippen LogP contribution in [0.4, 0.5) is 5.95 Å². The van der Waals surface area contributed by atoms with Crippen molar-refractivity contribution in [1.82, 2.24) is 15.3 Å². The smallest absolute Gasteiger partial charge is 0.251 e. The Hall–Kier alpha value is -3.15. The van der Waals surface area contributed by atoms with Crippen molar-refractivity contribution in [2.45, 2.75) is 33.2 Å². The van der Waals surface area contributed by atoms with Gasteiger partial charge in [-0.2, -0.15) is 0 Å². The maximum Gasteiger partial charge on any atom is 0.251 e. The molecule has 0 saturated heterocycles. The fraction of sp³-hybridized carbons (Fsp3) is 0.286. The molecule has 3 aromatic rings. The van der Waals surface area contributed by atoms with E-state index in [4.69, 9.17) is 0 Å². The number of H-pyrrole nitrogens is 1. The summed E-state index contributed by atoms with van der Waals surface area (Å²) < 4.78 is 0. The van der Waals surface area contributed by atoms with E-state index >= 15 is 0 Å². The van der Waals surface area contributed by atoms with Crippen molar-refractivity contribution in [3.63, 3.8) is 0 Å². The Balaban J connectivity index is 1.74. The molecule has 2 aromatic carbocycles. The number of imidazole rings is 1. The van der Waals surface area contributed by atoms with Gasteiger partial charge in [0.1, 0.15) is 6.04 Å². The number of anilines is 1. The molecule has 140 valence electrons. The van der Waals surface area contributed by atoms with Gasteiger partial charge in [0.15, 0.2) is 0 Å². The van der Waals surface area contributed by atoms with Gasteiger partial charge in [-0.3, -0.25) is 14.9 Å². The molecule has 1 atom stereocenters. The number of para-hydroxylation sites is 2. The highest BCUT2D eigenvalue weighted by Gasteiger charge is 2.23. The molecule has 0 aliphatic rings. The van der Waals surface area contributed by atoms with Crippen LogP contribution in [0.1, 0.15) is 36.2 Å².